The van der Waals surface area contributed by atoms with E-state index in [1.165, 1.54) is 43.5 Å². The molecule has 2 rings (SSSR count). The van der Waals surface area contributed by atoms with Crippen LogP contribution in [-0.4, -0.2) is 23.1 Å². The fourth-order valence-electron chi connectivity index (χ4n) is 1.86. The van der Waals surface area contributed by atoms with Gasteiger partial charge in [0.2, 0.25) is 5.78 Å². The Morgan fingerprint density at radius 2 is 1.86 bits per heavy atom. The summed E-state index contributed by atoms with van der Waals surface area (Å²) < 4.78 is 4.95. The van der Waals surface area contributed by atoms with Gasteiger partial charge in [-0.25, -0.2) is 0 Å². The number of carbonyl (C=O) groups is 1. The maximum atomic E-state index is 12.3. The molecule has 5 heteroatoms. The number of phenols is 2. The van der Waals surface area contributed by atoms with Crippen molar-refractivity contribution >= 4 is 11.9 Å². The number of rotatable bonds is 4. The first-order chi connectivity index (χ1) is 10.5. The first-order valence-corrected chi connectivity index (χ1v) is 6.37. The first-order valence-electron chi connectivity index (χ1n) is 6.37. The van der Waals surface area contributed by atoms with Crippen LogP contribution in [0.25, 0.3) is 6.08 Å². The molecule has 0 radical (unpaired) electrons. The molecule has 0 aliphatic heterocycles. The Morgan fingerprint density at radius 3 is 2.41 bits per heavy atom. The number of ether oxygens (including phenoxy) is 1. The van der Waals surface area contributed by atoms with Crippen LogP contribution in [0.5, 0.6) is 17.2 Å². The number of nitrogens with zero attached hydrogens (tertiary/aromatic N) is 1. The van der Waals surface area contributed by atoms with Crippen molar-refractivity contribution in [2.24, 2.45) is 0 Å². The van der Waals surface area contributed by atoms with Crippen LogP contribution < -0.4 is 4.74 Å². The van der Waals surface area contributed by atoms with E-state index in [2.05, 4.69) is 0 Å². The molecule has 0 atom stereocenters. The van der Waals surface area contributed by atoms with Crippen molar-refractivity contribution in [2.45, 2.75) is 0 Å². The molecular weight excluding hydrogens is 282 g/mol. The fraction of sp³-hybridized carbons (Fsp3) is 0.0588. The van der Waals surface area contributed by atoms with Crippen molar-refractivity contribution < 1.29 is 19.7 Å². The van der Waals surface area contributed by atoms with Crippen LogP contribution in [0, 0.1) is 11.3 Å². The van der Waals surface area contributed by atoms with Crippen molar-refractivity contribution in [1.29, 1.82) is 5.26 Å². The number of ketones is 1. The van der Waals surface area contributed by atoms with Crippen LogP contribution in [0.15, 0.2) is 48.0 Å². The lowest BCUT2D eigenvalue weighted by atomic mass is 10.0. The Bertz CT molecular complexity index is 770. The summed E-state index contributed by atoms with van der Waals surface area (Å²) in [6, 6.07) is 12.1. The molecule has 5 nitrogen and oxygen atoms in total. The largest absolute Gasteiger partial charge is 0.508 e. The molecule has 2 N–H and O–H groups in total. The second-order valence-corrected chi connectivity index (χ2v) is 4.47. The SMILES string of the molecule is COc1ccc(C(=O)C(C#N)=Cc2ccc(O)cc2)c(O)c1. The van der Waals surface area contributed by atoms with Gasteiger partial charge in [0, 0.05) is 6.07 Å². The van der Waals surface area contributed by atoms with Crippen LogP contribution in [0.3, 0.4) is 0 Å². The van der Waals surface area contributed by atoms with Crippen molar-refractivity contribution in [3.63, 3.8) is 0 Å². The number of allylic oxidation sites excluding steroid dienone is 1. The van der Waals surface area contributed by atoms with E-state index in [1.54, 1.807) is 12.1 Å². The zero-order chi connectivity index (χ0) is 16.1. The van der Waals surface area contributed by atoms with Crippen molar-refractivity contribution in [3.05, 3.63) is 59.2 Å². The molecular formula is C17H13NO4. The Morgan fingerprint density at radius 1 is 1.18 bits per heavy atom. The number of carbonyl (C=O) groups excluding carboxylic acids is 1. The number of methoxy groups -OCH3 is 1. The third-order valence-corrected chi connectivity index (χ3v) is 3.02. The lowest BCUT2D eigenvalue weighted by Gasteiger charge is -2.05. The molecule has 0 unspecified atom stereocenters. The van der Waals surface area contributed by atoms with Gasteiger partial charge in [-0.15, -0.1) is 0 Å². The maximum absolute atomic E-state index is 12.3. The van der Waals surface area contributed by atoms with Gasteiger partial charge in [-0.1, -0.05) is 12.1 Å². The summed E-state index contributed by atoms with van der Waals surface area (Å²) in [7, 11) is 1.45. The van der Waals surface area contributed by atoms with E-state index in [9.17, 15) is 20.3 Å². The van der Waals surface area contributed by atoms with E-state index >= 15 is 0 Å². The van der Waals surface area contributed by atoms with Crippen molar-refractivity contribution in [2.75, 3.05) is 7.11 Å². The number of Topliss-reactive ketones (excluding diaryl/α,β-unsaturated/α-hetero) is 1. The molecule has 0 saturated carbocycles. The number of aromatic hydroxyl groups is 2. The molecule has 0 bridgehead atoms. The van der Waals surface area contributed by atoms with E-state index in [4.69, 9.17) is 4.74 Å². The second-order valence-electron chi connectivity index (χ2n) is 4.47. The van der Waals surface area contributed by atoms with E-state index in [-0.39, 0.29) is 22.6 Å². The average molecular weight is 295 g/mol. The van der Waals surface area contributed by atoms with Crippen LogP contribution >= 0.6 is 0 Å². The number of hydrogen-bond donors (Lipinski definition) is 2. The van der Waals surface area contributed by atoms with E-state index in [0.717, 1.165) is 0 Å². The quantitative estimate of drug-likeness (QED) is 0.514. The zero-order valence-electron chi connectivity index (χ0n) is 11.8. The van der Waals surface area contributed by atoms with Crippen molar-refractivity contribution in [1.82, 2.24) is 0 Å². The normalized spacial score (nSPS) is 10.8. The van der Waals surface area contributed by atoms with Gasteiger partial charge < -0.3 is 14.9 Å². The van der Waals surface area contributed by atoms with Gasteiger partial charge in [-0.05, 0) is 35.9 Å². The molecule has 0 heterocycles. The molecule has 0 amide bonds. The minimum absolute atomic E-state index is 0.0207. The molecule has 22 heavy (non-hydrogen) atoms. The predicted molar refractivity (Wildman–Crippen MR) is 80.7 cm³/mol. The highest BCUT2D eigenvalue weighted by Crippen LogP contribution is 2.26. The lowest BCUT2D eigenvalue weighted by molar-refractivity contribution is 0.103. The number of nitriles is 1. The number of phenolic OH excluding ortho intramolecular Hbond substituents is 2. The summed E-state index contributed by atoms with van der Waals surface area (Å²) in [5, 5.41) is 28.3. The number of hydrogen-bond acceptors (Lipinski definition) is 5. The van der Waals surface area contributed by atoms with Gasteiger partial charge >= 0.3 is 0 Å². The lowest BCUT2D eigenvalue weighted by Crippen LogP contribution is -2.02. The van der Waals surface area contributed by atoms with Gasteiger partial charge in [0.05, 0.1) is 12.7 Å². The molecule has 0 saturated heterocycles. The van der Waals surface area contributed by atoms with Gasteiger partial charge in [0.25, 0.3) is 0 Å². The number of benzene rings is 2. The van der Waals surface area contributed by atoms with Gasteiger partial charge in [0.1, 0.15) is 28.9 Å². The first kappa shape index (κ1) is 15.1. The molecule has 0 spiro atoms. The highest BCUT2D eigenvalue weighted by Gasteiger charge is 2.16. The molecule has 110 valence electrons. The molecule has 0 fully saturated rings. The predicted octanol–water partition coefficient (Wildman–Crippen LogP) is 2.90. The van der Waals surface area contributed by atoms with Gasteiger partial charge in [0.15, 0.2) is 0 Å². The Labute approximate surface area is 127 Å². The minimum atomic E-state index is -0.587. The summed E-state index contributed by atoms with van der Waals surface area (Å²) in [6.45, 7) is 0. The minimum Gasteiger partial charge on any atom is -0.508 e. The Balaban J connectivity index is 2.37. The van der Waals surface area contributed by atoms with Crippen LogP contribution in [0.4, 0.5) is 0 Å². The van der Waals surface area contributed by atoms with Crippen LogP contribution in [-0.2, 0) is 0 Å². The van der Waals surface area contributed by atoms with Crippen molar-refractivity contribution in [3.8, 4) is 23.3 Å². The standard InChI is InChI=1S/C17H13NO4/c1-22-14-6-7-15(16(20)9-14)17(21)12(10-18)8-11-2-4-13(19)5-3-11/h2-9,19-20H,1H3. The van der Waals surface area contributed by atoms with E-state index < -0.39 is 5.78 Å². The molecule has 0 aliphatic rings. The summed E-state index contributed by atoms with van der Waals surface area (Å²) in [6.07, 6.45) is 1.39. The fourth-order valence-corrected chi connectivity index (χ4v) is 1.86. The van der Waals surface area contributed by atoms with E-state index in [1.807, 2.05) is 6.07 Å². The highest BCUT2D eigenvalue weighted by atomic mass is 16.5. The molecule has 2 aromatic rings. The third-order valence-electron chi connectivity index (χ3n) is 3.02. The highest BCUT2D eigenvalue weighted by molar-refractivity contribution is 6.15. The Kier molecular flexibility index (Phi) is 4.44. The Hall–Kier alpha value is -3.26. The molecule has 2 aromatic carbocycles. The topological polar surface area (TPSA) is 90.6 Å². The molecule has 0 aliphatic carbocycles. The summed E-state index contributed by atoms with van der Waals surface area (Å²) in [5.41, 5.74) is 0.495. The van der Waals surface area contributed by atoms with E-state index in [0.29, 0.717) is 11.3 Å². The average Bonchev–Trinajstić information content (AvgIpc) is 2.53. The van der Waals surface area contributed by atoms with Gasteiger partial charge in [-0.2, -0.15) is 5.26 Å². The monoisotopic (exact) mass is 295 g/mol. The summed E-state index contributed by atoms with van der Waals surface area (Å²) in [4.78, 5) is 12.3. The van der Waals surface area contributed by atoms with Gasteiger partial charge in [-0.3, -0.25) is 4.79 Å². The third kappa shape index (κ3) is 3.25. The summed E-state index contributed by atoms with van der Waals surface area (Å²) in [5.74, 6) is -0.336. The zero-order valence-corrected chi connectivity index (χ0v) is 11.8. The summed E-state index contributed by atoms with van der Waals surface area (Å²) >= 11 is 0. The molecule has 0 aromatic heterocycles. The maximum Gasteiger partial charge on any atom is 0.207 e. The van der Waals surface area contributed by atoms with Crippen LogP contribution in [0.2, 0.25) is 0 Å². The smallest absolute Gasteiger partial charge is 0.207 e. The van der Waals surface area contributed by atoms with Crippen LogP contribution in [0.1, 0.15) is 15.9 Å². The second kappa shape index (κ2) is 6.46.